The molecule has 0 saturated carbocycles. The Labute approximate surface area is 215 Å². The Balaban J connectivity index is 1.75. The number of nitrogens with one attached hydrogen (secondary N) is 1. The zero-order chi connectivity index (χ0) is 26.2. The number of aromatic nitrogens is 2. The first-order chi connectivity index (χ1) is 16.9. The van der Waals surface area contributed by atoms with Gasteiger partial charge in [0.1, 0.15) is 5.75 Å². The number of hydrogen-bond donors (Lipinski definition) is 2. The molecule has 0 fully saturated rings. The number of amides is 1. The normalized spacial score (nSPS) is 11.5. The monoisotopic (exact) mass is 557 g/mol. The van der Waals surface area contributed by atoms with Crippen LogP contribution in [0, 0.1) is 0 Å². The highest BCUT2D eigenvalue weighted by atomic mass is 35.5. The average molecular weight is 559 g/mol. The fourth-order valence-corrected chi connectivity index (χ4v) is 4.08. The van der Waals surface area contributed by atoms with Crippen molar-refractivity contribution < 1.29 is 27.8 Å². The predicted octanol–water partition coefficient (Wildman–Crippen LogP) is 6.26. The molecule has 13 heteroatoms. The molecule has 4 rings (SSSR count). The topological polar surface area (TPSA) is 93.5 Å². The molecular formula is C23H13Cl3F3N3O4. The second-order valence-electron chi connectivity index (χ2n) is 7.39. The van der Waals surface area contributed by atoms with E-state index >= 15 is 0 Å². The number of alkyl halides is 3. The van der Waals surface area contributed by atoms with Gasteiger partial charge in [-0.3, -0.25) is 14.2 Å². The van der Waals surface area contributed by atoms with Crippen molar-refractivity contribution >= 4 is 57.3 Å². The molecule has 1 heterocycles. The average Bonchev–Trinajstić information content (AvgIpc) is 2.80. The Morgan fingerprint density at radius 1 is 1.06 bits per heavy atom. The van der Waals surface area contributed by atoms with Crippen molar-refractivity contribution in [3.05, 3.63) is 91.4 Å². The summed E-state index contributed by atoms with van der Waals surface area (Å²) in [5, 5.41) is 12.0. The summed E-state index contributed by atoms with van der Waals surface area (Å²) in [6, 6.07) is 10.5. The van der Waals surface area contributed by atoms with Crippen LogP contribution in [0.1, 0.15) is 15.9 Å². The summed E-state index contributed by atoms with van der Waals surface area (Å²) in [6.07, 6.45) is -3.79. The number of aromatic hydroxyl groups is 1. The predicted molar refractivity (Wildman–Crippen MR) is 129 cm³/mol. The van der Waals surface area contributed by atoms with E-state index in [1.54, 1.807) is 0 Å². The molecule has 0 radical (unpaired) electrons. The molecule has 3 aromatic carbocycles. The van der Waals surface area contributed by atoms with Gasteiger partial charge < -0.3 is 15.2 Å². The van der Waals surface area contributed by atoms with Crippen LogP contribution >= 0.6 is 34.8 Å². The summed E-state index contributed by atoms with van der Waals surface area (Å²) in [7, 11) is 0. The number of carbonyl (C=O) groups is 1. The quantitative estimate of drug-likeness (QED) is 0.302. The number of para-hydroxylation sites is 1. The van der Waals surface area contributed by atoms with Crippen molar-refractivity contribution in [2.75, 3.05) is 5.32 Å². The first-order valence-electron chi connectivity index (χ1n) is 9.95. The third-order valence-corrected chi connectivity index (χ3v) is 5.88. The molecule has 2 N–H and O–H groups in total. The SMILES string of the molecule is O=C(Nc1ccc(Cl)c2ncn(Cc3ccccc3OC(F)(F)F)c(=O)c12)c1cc(Cl)c(O)c(Cl)c1. The van der Waals surface area contributed by atoms with Gasteiger partial charge in [0.05, 0.1) is 44.5 Å². The highest BCUT2D eigenvalue weighted by Crippen LogP contribution is 2.33. The molecule has 0 bridgehead atoms. The first-order valence-corrected chi connectivity index (χ1v) is 11.1. The largest absolute Gasteiger partial charge is 0.573 e. The number of hydrogen-bond acceptors (Lipinski definition) is 5. The van der Waals surface area contributed by atoms with Crippen LogP contribution in [0.3, 0.4) is 0 Å². The molecule has 186 valence electrons. The lowest BCUT2D eigenvalue weighted by Crippen LogP contribution is -2.24. The number of carbonyl (C=O) groups excluding carboxylic acids is 1. The third-order valence-electron chi connectivity index (χ3n) is 5.00. The molecule has 1 amide bonds. The summed E-state index contributed by atoms with van der Waals surface area (Å²) >= 11 is 18.0. The van der Waals surface area contributed by atoms with Crippen molar-refractivity contribution in [2.24, 2.45) is 0 Å². The molecule has 0 saturated heterocycles. The Bertz CT molecular complexity index is 1530. The van der Waals surface area contributed by atoms with Crippen molar-refractivity contribution in [3.8, 4) is 11.5 Å². The van der Waals surface area contributed by atoms with Crippen LogP contribution in [-0.2, 0) is 6.54 Å². The van der Waals surface area contributed by atoms with Gasteiger partial charge in [0.2, 0.25) is 0 Å². The van der Waals surface area contributed by atoms with Crippen molar-refractivity contribution in [2.45, 2.75) is 12.9 Å². The number of fused-ring (bicyclic) bond motifs is 1. The number of ether oxygens (including phenoxy) is 1. The van der Waals surface area contributed by atoms with E-state index in [0.29, 0.717) is 0 Å². The zero-order valence-electron chi connectivity index (χ0n) is 17.7. The molecule has 1 aromatic heterocycles. The minimum absolute atomic E-state index is 0.00616. The van der Waals surface area contributed by atoms with Gasteiger partial charge in [-0.15, -0.1) is 13.2 Å². The second kappa shape index (κ2) is 9.88. The summed E-state index contributed by atoms with van der Waals surface area (Å²) < 4.78 is 43.5. The molecule has 0 aliphatic carbocycles. The lowest BCUT2D eigenvalue weighted by Gasteiger charge is -2.15. The van der Waals surface area contributed by atoms with Crippen LogP contribution in [0.15, 0.2) is 59.7 Å². The maximum atomic E-state index is 13.3. The maximum Gasteiger partial charge on any atom is 0.573 e. The van der Waals surface area contributed by atoms with Crippen molar-refractivity contribution in [3.63, 3.8) is 0 Å². The smallest absolute Gasteiger partial charge is 0.505 e. The van der Waals surface area contributed by atoms with E-state index < -0.39 is 29.3 Å². The first kappa shape index (κ1) is 25.6. The summed E-state index contributed by atoms with van der Waals surface area (Å²) in [5.74, 6) is -1.58. The summed E-state index contributed by atoms with van der Waals surface area (Å²) in [5.41, 5.74) is -0.516. The number of benzene rings is 3. The lowest BCUT2D eigenvalue weighted by molar-refractivity contribution is -0.274. The van der Waals surface area contributed by atoms with E-state index in [1.807, 2.05) is 0 Å². The lowest BCUT2D eigenvalue weighted by atomic mass is 10.1. The van der Waals surface area contributed by atoms with Crippen LogP contribution in [0.25, 0.3) is 10.9 Å². The van der Waals surface area contributed by atoms with Gasteiger partial charge in [-0.1, -0.05) is 53.0 Å². The molecule has 36 heavy (non-hydrogen) atoms. The van der Waals surface area contributed by atoms with Gasteiger partial charge >= 0.3 is 6.36 Å². The van der Waals surface area contributed by atoms with Crippen LogP contribution in [0.4, 0.5) is 18.9 Å². The minimum Gasteiger partial charge on any atom is -0.505 e. The Kier molecular flexibility index (Phi) is 7.03. The number of phenolic OH excluding ortho intramolecular Hbond substituents is 1. The number of rotatable bonds is 5. The molecule has 0 spiro atoms. The van der Waals surface area contributed by atoms with E-state index in [4.69, 9.17) is 34.8 Å². The number of phenols is 1. The molecular weight excluding hydrogens is 546 g/mol. The van der Waals surface area contributed by atoms with Gasteiger partial charge in [0.25, 0.3) is 11.5 Å². The van der Waals surface area contributed by atoms with Crippen LogP contribution in [0.5, 0.6) is 11.5 Å². The van der Waals surface area contributed by atoms with E-state index in [1.165, 1.54) is 42.5 Å². The molecule has 0 aliphatic heterocycles. The van der Waals surface area contributed by atoms with Gasteiger partial charge in [-0.05, 0) is 30.3 Å². The molecule has 0 aliphatic rings. The van der Waals surface area contributed by atoms with E-state index in [-0.39, 0.29) is 49.3 Å². The van der Waals surface area contributed by atoms with Crippen molar-refractivity contribution in [1.82, 2.24) is 9.55 Å². The third kappa shape index (κ3) is 5.35. The van der Waals surface area contributed by atoms with E-state index in [9.17, 15) is 27.9 Å². The number of halogens is 6. The van der Waals surface area contributed by atoms with E-state index in [0.717, 1.165) is 17.0 Å². The summed E-state index contributed by atoms with van der Waals surface area (Å²) in [4.78, 5) is 30.3. The molecule has 0 unspecified atom stereocenters. The fourth-order valence-electron chi connectivity index (χ4n) is 3.38. The standard InChI is InChI=1S/C23H13Cl3F3N3O4/c24-13-5-6-16(31-21(34)12-7-14(25)20(33)15(26)8-12)18-19(13)30-10-32(22(18)35)9-11-3-1-2-4-17(11)36-23(27,28)29/h1-8,10,33H,9H2,(H,31,34). The van der Waals surface area contributed by atoms with Crippen molar-refractivity contribution in [1.29, 1.82) is 0 Å². The molecule has 4 aromatic rings. The summed E-state index contributed by atoms with van der Waals surface area (Å²) in [6.45, 7) is -0.308. The van der Waals surface area contributed by atoms with Crippen LogP contribution < -0.4 is 15.6 Å². The van der Waals surface area contributed by atoms with Crippen LogP contribution in [-0.4, -0.2) is 26.9 Å². The maximum absolute atomic E-state index is 13.3. The minimum atomic E-state index is -4.92. The van der Waals surface area contributed by atoms with Gasteiger partial charge in [0.15, 0.2) is 5.75 Å². The molecule has 7 nitrogen and oxygen atoms in total. The van der Waals surface area contributed by atoms with E-state index in [2.05, 4.69) is 15.0 Å². The van der Waals surface area contributed by atoms with Crippen LogP contribution in [0.2, 0.25) is 15.1 Å². The second-order valence-corrected chi connectivity index (χ2v) is 8.62. The molecule has 0 atom stereocenters. The number of anilines is 1. The highest BCUT2D eigenvalue weighted by molar-refractivity contribution is 6.38. The highest BCUT2D eigenvalue weighted by Gasteiger charge is 2.32. The van der Waals surface area contributed by atoms with Gasteiger partial charge in [0, 0.05) is 11.1 Å². The Hall–Kier alpha value is -3.47. The number of nitrogens with zero attached hydrogens (tertiary/aromatic N) is 2. The Morgan fingerprint density at radius 3 is 2.39 bits per heavy atom. The fraction of sp³-hybridized carbons (Fsp3) is 0.0870. The van der Waals surface area contributed by atoms with Gasteiger partial charge in [-0.2, -0.15) is 0 Å². The Morgan fingerprint density at radius 2 is 1.72 bits per heavy atom. The van der Waals surface area contributed by atoms with Gasteiger partial charge in [-0.25, -0.2) is 4.98 Å². The zero-order valence-corrected chi connectivity index (χ0v) is 20.0.